The number of fused-ring (bicyclic) bond motifs is 2. The van der Waals surface area contributed by atoms with Crippen molar-refractivity contribution in [3.05, 3.63) is 0 Å². The van der Waals surface area contributed by atoms with Crippen LogP contribution in [0.2, 0.25) is 0 Å². The van der Waals surface area contributed by atoms with Crippen molar-refractivity contribution < 1.29 is 18.9 Å². The highest BCUT2D eigenvalue weighted by atomic mass is 16.6. The van der Waals surface area contributed by atoms with Crippen LogP contribution < -0.4 is 0 Å². The van der Waals surface area contributed by atoms with Crippen LogP contribution in [-0.4, -0.2) is 51.3 Å². The van der Waals surface area contributed by atoms with Gasteiger partial charge < -0.3 is 18.9 Å². The van der Waals surface area contributed by atoms with E-state index < -0.39 is 0 Å². The molecule has 94 valence electrons. The highest BCUT2D eigenvalue weighted by Crippen LogP contribution is 2.43. The molecule has 0 aromatic carbocycles. The first kappa shape index (κ1) is 12.3. The molecule has 2 aliphatic rings. The minimum Gasteiger partial charge on any atom is -0.382 e. The lowest BCUT2D eigenvalue weighted by molar-refractivity contribution is -0.153. The molecule has 0 aliphatic carbocycles. The van der Waals surface area contributed by atoms with Gasteiger partial charge in [-0.25, -0.2) is 0 Å². The Kier molecular flexibility index (Phi) is 3.54. The van der Waals surface area contributed by atoms with Gasteiger partial charge in [-0.3, -0.25) is 0 Å². The third-order valence-corrected chi connectivity index (χ3v) is 3.97. The van der Waals surface area contributed by atoms with Crippen molar-refractivity contribution in [1.29, 1.82) is 0 Å². The summed E-state index contributed by atoms with van der Waals surface area (Å²) in [4.78, 5) is 0. The SMILES string of the molecule is COCC12OC(C)C(OCCC1C)C2OC. The first-order valence-electron chi connectivity index (χ1n) is 5.97. The molecule has 2 saturated heterocycles. The fourth-order valence-electron chi connectivity index (χ4n) is 3.07. The summed E-state index contributed by atoms with van der Waals surface area (Å²) < 4.78 is 23.0. The average molecular weight is 230 g/mol. The van der Waals surface area contributed by atoms with Crippen LogP contribution in [-0.2, 0) is 18.9 Å². The molecule has 5 atom stereocenters. The molecule has 0 amide bonds. The summed E-state index contributed by atoms with van der Waals surface area (Å²) in [5.41, 5.74) is -0.343. The zero-order valence-corrected chi connectivity index (χ0v) is 10.6. The first-order chi connectivity index (χ1) is 7.65. The van der Waals surface area contributed by atoms with E-state index in [1.165, 1.54) is 0 Å². The zero-order chi connectivity index (χ0) is 11.8. The summed E-state index contributed by atoms with van der Waals surface area (Å²) in [5.74, 6) is 0.382. The van der Waals surface area contributed by atoms with Crippen LogP contribution in [0.5, 0.6) is 0 Å². The normalized spacial score (nSPS) is 48.0. The minimum atomic E-state index is -0.343. The first-order valence-corrected chi connectivity index (χ1v) is 5.97. The van der Waals surface area contributed by atoms with Crippen molar-refractivity contribution >= 4 is 0 Å². The van der Waals surface area contributed by atoms with Gasteiger partial charge in [0.05, 0.1) is 12.7 Å². The zero-order valence-electron chi connectivity index (χ0n) is 10.6. The number of methoxy groups -OCH3 is 2. The van der Waals surface area contributed by atoms with Gasteiger partial charge in [0.15, 0.2) is 0 Å². The minimum absolute atomic E-state index is 0.0278. The van der Waals surface area contributed by atoms with E-state index in [-0.39, 0.29) is 23.9 Å². The predicted octanol–water partition coefficient (Wildman–Crippen LogP) is 1.23. The molecule has 16 heavy (non-hydrogen) atoms. The van der Waals surface area contributed by atoms with Crippen LogP contribution in [0.1, 0.15) is 20.3 Å². The van der Waals surface area contributed by atoms with Crippen molar-refractivity contribution in [3.8, 4) is 0 Å². The van der Waals surface area contributed by atoms with Crippen molar-refractivity contribution in [2.75, 3.05) is 27.4 Å². The van der Waals surface area contributed by atoms with Gasteiger partial charge in [0.2, 0.25) is 0 Å². The van der Waals surface area contributed by atoms with Gasteiger partial charge in [-0.05, 0) is 19.3 Å². The molecular formula is C12H22O4. The molecule has 0 saturated carbocycles. The molecule has 2 aliphatic heterocycles. The molecule has 0 radical (unpaired) electrons. The number of hydrogen-bond acceptors (Lipinski definition) is 4. The fraction of sp³-hybridized carbons (Fsp3) is 1.00. The Bertz CT molecular complexity index is 245. The standard InChI is InChI=1S/C12H22O4/c1-8-5-6-15-10-9(2)16-12(8,7-13-3)11(10)14-4/h8-11H,5-7H2,1-4H3. The van der Waals surface area contributed by atoms with E-state index in [1.807, 2.05) is 6.92 Å². The molecule has 2 bridgehead atoms. The van der Waals surface area contributed by atoms with Gasteiger partial charge in [-0.15, -0.1) is 0 Å². The second-order valence-electron chi connectivity index (χ2n) is 4.89. The molecular weight excluding hydrogens is 208 g/mol. The summed E-state index contributed by atoms with van der Waals surface area (Å²) in [5, 5.41) is 0. The van der Waals surface area contributed by atoms with Crippen LogP contribution in [0.4, 0.5) is 0 Å². The van der Waals surface area contributed by atoms with Gasteiger partial charge in [-0.1, -0.05) is 6.92 Å². The van der Waals surface area contributed by atoms with Gasteiger partial charge in [-0.2, -0.15) is 0 Å². The molecule has 2 heterocycles. The van der Waals surface area contributed by atoms with E-state index in [0.717, 1.165) is 13.0 Å². The van der Waals surface area contributed by atoms with E-state index in [4.69, 9.17) is 18.9 Å². The summed E-state index contributed by atoms with van der Waals surface area (Å²) in [6, 6.07) is 0. The van der Waals surface area contributed by atoms with E-state index in [0.29, 0.717) is 12.5 Å². The molecule has 0 aromatic heterocycles. The largest absolute Gasteiger partial charge is 0.382 e. The summed E-state index contributed by atoms with van der Waals surface area (Å²) in [7, 11) is 3.44. The topological polar surface area (TPSA) is 36.9 Å². The average Bonchev–Trinajstić information content (AvgIpc) is 2.44. The van der Waals surface area contributed by atoms with Crippen molar-refractivity contribution in [1.82, 2.24) is 0 Å². The van der Waals surface area contributed by atoms with Gasteiger partial charge >= 0.3 is 0 Å². The second kappa shape index (κ2) is 4.61. The van der Waals surface area contributed by atoms with Gasteiger partial charge in [0.25, 0.3) is 0 Å². The Labute approximate surface area is 97.2 Å². The third kappa shape index (κ3) is 1.68. The molecule has 2 fully saturated rings. The summed E-state index contributed by atoms with van der Waals surface area (Å²) in [6.07, 6.45) is 1.07. The number of ether oxygens (including phenoxy) is 4. The van der Waals surface area contributed by atoms with Crippen LogP contribution in [0, 0.1) is 5.92 Å². The maximum absolute atomic E-state index is 6.13. The quantitative estimate of drug-likeness (QED) is 0.730. The van der Waals surface area contributed by atoms with Crippen molar-refractivity contribution in [2.45, 2.75) is 44.2 Å². The van der Waals surface area contributed by atoms with Crippen molar-refractivity contribution in [3.63, 3.8) is 0 Å². The lowest BCUT2D eigenvalue weighted by Crippen LogP contribution is -2.51. The maximum atomic E-state index is 6.13. The molecule has 5 unspecified atom stereocenters. The molecule has 0 N–H and O–H groups in total. The molecule has 2 rings (SSSR count). The van der Waals surface area contributed by atoms with Crippen LogP contribution in [0.15, 0.2) is 0 Å². The smallest absolute Gasteiger partial charge is 0.123 e. The Morgan fingerprint density at radius 2 is 2.06 bits per heavy atom. The highest BCUT2D eigenvalue weighted by molar-refractivity contribution is 5.06. The lowest BCUT2D eigenvalue weighted by atomic mass is 9.82. The summed E-state index contributed by atoms with van der Waals surface area (Å²) >= 11 is 0. The molecule has 0 aromatic rings. The van der Waals surface area contributed by atoms with Crippen LogP contribution >= 0.6 is 0 Å². The van der Waals surface area contributed by atoms with E-state index >= 15 is 0 Å². The second-order valence-corrected chi connectivity index (χ2v) is 4.89. The van der Waals surface area contributed by atoms with Gasteiger partial charge in [0.1, 0.15) is 17.8 Å². The number of rotatable bonds is 3. The van der Waals surface area contributed by atoms with Crippen LogP contribution in [0.3, 0.4) is 0 Å². The van der Waals surface area contributed by atoms with Crippen molar-refractivity contribution in [2.24, 2.45) is 5.92 Å². The van der Waals surface area contributed by atoms with Gasteiger partial charge in [0, 0.05) is 20.8 Å². The predicted molar refractivity (Wildman–Crippen MR) is 59.5 cm³/mol. The Morgan fingerprint density at radius 3 is 2.69 bits per heavy atom. The Hall–Kier alpha value is -0.160. The Morgan fingerprint density at radius 1 is 1.31 bits per heavy atom. The van der Waals surface area contributed by atoms with E-state index in [9.17, 15) is 0 Å². The molecule has 0 spiro atoms. The molecule has 4 heteroatoms. The third-order valence-electron chi connectivity index (χ3n) is 3.97. The fourth-order valence-corrected chi connectivity index (χ4v) is 3.07. The summed E-state index contributed by atoms with van der Waals surface area (Å²) in [6.45, 7) is 5.59. The monoisotopic (exact) mass is 230 g/mol. The highest BCUT2D eigenvalue weighted by Gasteiger charge is 2.58. The van der Waals surface area contributed by atoms with E-state index in [2.05, 4.69) is 6.92 Å². The lowest BCUT2D eigenvalue weighted by Gasteiger charge is -2.37. The van der Waals surface area contributed by atoms with Crippen LogP contribution in [0.25, 0.3) is 0 Å². The molecule has 4 nitrogen and oxygen atoms in total. The number of hydrogen-bond donors (Lipinski definition) is 0. The maximum Gasteiger partial charge on any atom is 0.123 e. The Balaban J connectivity index is 2.32. The van der Waals surface area contributed by atoms with E-state index in [1.54, 1.807) is 14.2 Å².